The van der Waals surface area contributed by atoms with Crippen molar-refractivity contribution < 1.29 is 0 Å². The van der Waals surface area contributed by atoms with Gasteiger partial charge < -0.3 is 10.6 Å². The van der Waals surface area contributed by atoms with Crippen molar-refractivity contribution >= 4 is 21.9 Å². The lowest BCUT2D eigenvalue weighted by Crippen LogP contribution is -2.15. The standard InChI is InChI=1S/C7H14BrN5/c1-12(2)4-3-5-13-6(8)10-7(9)11-13/h3-5H2,1-2H3,(H2,9,11). The van der Waals surface area contributed by atoms with Crippen molar-refractivity contribution in [3.8, 4) is 0 Å². The molecule has 0 atom stereocenters. The van der Waals surface area contributed by atoms with Crippen LogP contribution in [0.2, 0.25) is 0 Å². The molecule has 74 valence electrons. The van der Waals surface area contributed by atoms with E-state index in [1.165, 1.54) is 0 Å². The summed E-state index contributed by atoms with van der Waals surface area (Å²) in [4.78, 5) is 6.07. The third-order valence-corrected chi connectivity index (χ3v) is 2.20. The lowest BCUT2D eigenvalue weighted by molar-refractivity contribution is 0.379. The van der Waals surface area contributed by atoms with Gasteiger partial charge in [0.15, 0.2) is 4.73 Å². The number of nitrogens with two attached hydrogens (primary N) is 1. The SMILES string of the molecule is CN(C)CCCn1nc(N)nc1Br. The minimum absolute atomic E-state index is 0.316. The highest BCUT2D eigenvalue weighted by molar-refractivity contribution is 9.10. The molecule has 0 unspecified atom stereocenters. The molecule has 2 N–H and O–H groups in total. The van der Waals surface area contributed by atoms with Crippen molar-refractivity contribution in [1.29, 1.82) is 0 Å². The van der Waals surface area contributed by atoms with E-state index >= 15 is 0 Å². The van der Waals surface area contributed by atoms with Crippen LogP contribution in [0.1, 0.15) is 6.42 Å². The first-order chi connectivity index (χ1) is 6.09. The molecule has 0 aliphatic carbocycles. The summed E-state index contributed by atoms with van der Waals surface area (Å²) in [6.07, 6.45) is 1.04. The average Bonchev–Trinajstić information content (AvgIpc) is 2.29. The highest BCUT2D eigenvalue weighted by atomic mass is 79.9. The predicted molar refractivity (Wildman–Crippen MR) is 55.3 cm³/mol. The first-order valence-corrected chi connectivity index (χ1v) is 4.89. The molecule has 1 aromatic heterocycles. The molecular weight excluding hydrogens is 234 g/mol. The van der Waals surface area contributed by atoms with Gasteiger partial charge in [-0.25, -0.2) is 4.68 Å². The van der Waals surface area contributed by atoms with Crippen molar-refractivity contribution in [1.82, 2.24) is 19.7 Å². The Morgan fingerprint density at radius 2 is 2.23 bits per heavy atom. The summed E-state index contributed by atoms with van der Waals surface area (Å²) in [5.74, 6) is 0.316. The Hall–Kier alpha value is -0.620. The molecule has 0 radical (unpaired) electrons. The summed E-state index contributed by atoms with van der Waals surface area (Å²) in [7, 11) is 4.09. The van der Waals surface area contributed by atoms with Crippen LogP contribution in [0.4, 0.5) is 5.95 Å². The molecule has 1 heterocycles. The van der Waals surface area contributed by atoms with Crippen LogP contribution in [-0.2, 0) is 6.54 Å². The Morgan fingerprint density at radius 1 is 1.54 bits per heavy atom. The third-order valence-electron chi connectivity index (χ3n) is 1.62. The molecular formula is C7H14BrN5. The molecule has 0 aromatic carbocycles. The van der Waals surface area contributed by atoms with Gasteiger partial charge in [-0.15, -0.1) is 5.10 Å². The Morgan fingerprint density at radius 3 is 2.69 bits per heavy atom. The lowest BCUT2D eigenvalue weighted by Gasteiger charge is -2.08. The van der Waals surface area contributed by atoms with Crippen LogP contribution in [0.15, 0.2) is 4.73 Å². The number of rotatable bonds is 4. The monoisotopic (exact) mass is 247 g/mol. The molecule has 13 heavy (non-hydrogen) atoms. The van der Waals surface area contributed by atoms with E-state index < -0.39 is 0 Å². The van der Waals surface area contributed by atoms with Crippen LogP contribution in [0.25, 0.3) is 0 Å². The molecule has 1 rings (SSSR count). The molecule has 0 aliphatic rings. The first-order valence-electron chi connectivity index (χ1n) is 4.10. The summed E-state index contributed by atoms with van der Waals surface area (Å²) < 4.78 is 2.46. The molecule has 5 nitrogen and oxygen atoms in total. The van der Waals surface area contributed by atoms with E-state index in [1.807, 2.05) is 14.1 Å². The van der Waals surface area contributed by atoms with E-state index in [4.69, 9.17) is 5.73 Å². The Labute approximate surface area is 86.1 Å². The largest absolute Gasteiger partial charge is 0.366 e. The molecule has 0 aliphatic heterocycles. The smallest absolute Gasteiger partial charge is 0.240 e. The van der Waals surface area contributed by atoms with Crippen molar-refractivity contribution in [2.45, 2.75) is 13.0 Å². The third kappa shape index (κ3) is 3.31. The highest BCUT2D eigenvalue weighted by Gasteiger charge is 2.03. The maximum absolute atomic E-state index is 5.43. The van der Waals surface area contributed by atoms with Gasteiger partial charge in [-0.3, -0.25) is 0 Å². The van der Waals surface area contributed by atoms with Gasteiger partial charge >= 0.3 is 0 Å². The number of hydrogen-bond donors (Lipinski definition) is 1. The van der Waals surface area contributed by atoms with Crippen molar-refractivity contribution in [3.63, 3.8) is 0 Å². The summed E-state index contributed by atoms with van der Waals surface area (Å²) in [6.45, 7) is 1.87. The van der Waals surface area contributed by atoms with Gasteiger partial charge in [-0.2, -0.15) is 4.98 Å². The minimum atomic E-state index is 0.316. The van der Waals surface area contributed by atoms with Crippen LogP contribution in [-0.4, -0.2) is 40.3 Å². The van der Waals surface area contributed by atoms with E-state index in [-0.39, 0.29) is 0 Å². The molecule has 0 saturated heterocycles. The Bertz CT molecular complexity index is 270. The van der Waals surface area contributed by atoms with Gasteiger partial charge in [0.1, 0.15) is 0 Å². The van der Waals surface area contributed by atoms with Crippen LogP contribution in [0.3, 0.4) is 0 Å². The van der Waals surface area contributed by atoms with Gasteiger partial charge in [0, 0.05) is 6.54 Å². The highest BCUT2D eigenvalue weighted by Crippen LogP contribution is 2.08. The number of aromatic nitrogens is 3. The van der Waals surface area contributed by atoms with Crippen LogP contribution < -0.4 is 5.73 Å². The Kier molecular flexibility index (Phi) is 3.68. The second-order valence-electron chi connectivity index (χ2n) is 3.12. The number of anilines is 1. The molecule has 6 heteroatoms. The van der Waals surface area contributed by atoms with E-state index in [0.717, 1.165) is 19.5 Å². The van der Waals surface area contributed by atoms with Gasteiger partial charge in [-0.05, 0) is 43.0 Å². The first kappa shape index (κ1) is 10.5. The maximum atomic E-state index is 5.43. The fourth-order valence-electron chi connectivity index (χ4n) is 1.02. The van der Waals surface area contributed by atoms with Crippen LogP contribution in [0.5, 0.6) is 0 Å². The molecule has 0 amide bonds. The average molecular weight is 248 g/mol. The van der Waals surface area contributed by atoms with Gasteiger partial charge in [-0.1, -0.05) is 0 Å². The second-order valence-corrected chi connectivity index (χ2v) is 3.83. The maximum Gasteiger partial charge on any atom is 0.240 e. The summed E-state index contributed by atoms with van der Waals surface area (Å²) >= 11 is 3.28. The summed E-state index contributed by atoms with van der Waals surface area (Å²) in [6, 6.07) is 0. The second kappa shape index (κ2) is 4.57. The van der Waals surface area contributed by atoms with Crippen molar-refractivity contribution in [2.24, 2.45) is 0 Å². The number of aryl methyl sites for hydroxylation is 1. The molecule has 0 bridgehead atoms. The van der Waals surface area contributed by atoms with Gasteiger partial charge in [0.25, 0.3) is 0 Å². The van der Waals surface area contributed by atoms with E-state index in [2.05, 4.69) is 30.9 Å². The minimum Gasteiger partial charge on any atom is -0.366 e. The van der Waals surface area contributed by atoms with Crippen molar-refractivity contribution in [2.75, 3.05) is 26.4 Å². The molecule has 0 fully saturated rings. The van der Waals surface area contributed by atoms with E-state index in [1.54, 1.807) is 4.68 Å². The molecule has 0 saturated carbocycles. The van der Waals surface area contributed by atoms with Gasteiger partial charge in [0.2, 0.25) is 5.95 Å². The number of nitrogens with zero attached hydrogens (tertiary/aromatic N) is 4. The summed E-state index contributed by atoms with van der Waals surface area (Å²) in [5.41, 5.74) is 5.43. The molecule has 1 aromatic rings. The fraction of sp³-hybridized carbons (Fsp3) is 0.714. The zero-order chi connectivity index (χ0) is 9.84. The molecule has 0 spiro atoms. The number of hydrogen-bond acceptors (Lipinski definition) is 4. The quantitative estimate of drug-likeness (QED) is 0.846. The van der Waals surface area contributed by atoms with E-state index in [0.29, 0.717) is 10.7 Å². The fourth-order valence-corrected chi connectivity index (χ4v) is 1.46. The predicted octanol–water partition coefficient (Wildman–Crippen LogP) is 0.575. The number of halogens is 1. The lowest BCUT2D eigenvalue weighted by atomic mass is 10.4. The van der Waals surface area contributed by atoms with Crippen LogP contribution >= 0.6 is 15.9 Å². The van der Waals surface area contributed by atoms with Crippen molar-refractivity contribution in [3.05, 3.63) is 4.73 Å². The number of nitrogen functional groups attached to an aromatic ring is 1. The zero-order valence-electron chi connectivity index (χ0n) is 7.87. The topological polar surface area (TPSA) is 60.0 Å². The van der Waals surface area contributed by atoms with Crippen LogP contribution in [0, 0.1) is 0 Å². The zero-order valence-corrected chi connectivity index (χ0v) is 9.45. The summed E-state index contributed by atoms with van der Waals surface area (Å²) in [5, 5.41) is 4.03. The normalized spacial score (nSPS) is 11.1. The van der Waals surface area contributed by atoms with E-state index in [9.17, 15) is 0 Å². The Balaban J connectivity index is 2.40. The van der Waals surface area contributed by atoms with Gasteiger partial charge in [0.05, 0.1) is 0 Å².